The summed E-state index contributed by atoms with van der Waals surface area (Å²) in [5.41, 5.74) is 1.74. The standard InChI is InChI=1S/C32H31F4N5O2/c1-41(2)28(42)9-6-16-38-31(14-15-31)20-43-27-13-11-23(19-37-27)29(22-10-12-26-24(17-22)30(33)40-39-26)25(18-32(34,35)36)21-7-4-3-5-8-21/h3-13,17,19,38H,14-16,18,20H2,1-2H3,(H,39,40)/b9-6+,29-25-. The monoisotopic (exact) mass is 593 g/mol. The normalized spacial score (nSPS) is 15.0. The molecule has 1 aliphatic carbocycles. The molecule has 1 saturated carbocycles. The second-order valence-electron chi connectivity index (χ2n) is 10.8. The maximum Gasteiger partial charge on any atom is 0.393 e. The van der Waals surface area contributed by atoms with Gasteiger partial charge in [0.1, 0.15) is 6.61 Å². The molecule has 2 aromatic carbocycles. The van der Waals surface area contributed by atoms with Crippen LogP contribution in [0, 0.1) is 5.95 Å². The van der Waals surface area contributed by atoms with Gasteiger partial charge in [-0.05, 0) is 53.3 Å². The van der Waals surface area contributed by atoms with Crippen LogP contribution in [0.25, 0.3) is 22.0 Å². The molecule has 0 bridgehead atoms. The highest BCUT2D eigenvalue weighted by atomic mass is 19.4. The fourth-order valence-corrected chi connectivity index (χ4v) is 4.76. The molecule has 43 heavy (non-hydrogen) atoms. The van der Waals surface area contributed by atoms with Gasteiger partial charge in [-0.3, -0.25) is 9.89 Å². The van der Waals surface area contributed by atoms with Gasteiger partial charge in [-0.25, -0.2) is 4.98 Å². The van der Waals surface area contributed by atoms with Crippen LogP contribution >= 0.6 is 0 Å². The first kappa shape index (κ1) is 30.0. The van der Waals surface area contributed by atoms with Crippen molar-refractivity contribution in [1.82, 2.24) is 25.4 Å². The summed E-state index contributed by atoms with van der Waals surface area (Å²) in [7, 11) is 3.37. The Morgan fingerprint density at radius 3 is 2.47 bits per heavy atom. The predicted octanol–water partition coefficient (Wildman–Crippen LogP) is 6.15. The minimum atomic E-state index is -4.50. The summed E-state index contributed by atoms with van der Waals surface area (Å²) in [5, 5.41) is 9.73. The number of hydrogen-bond acceptors (Lipinski definition) is 5. The predicted molar refractivity (Wildman–Crippen MR) is 157 cm³/mol. The Hall–Kier alpha value is -4.51. The van der Waals surface area contributed by atoms with Crippen LogP contribution in [-0.2, 0) is 4.79 Å². The van der Waals surface area contributed by atoms with Crippen molar-refractivity contribution >= 4 is 28.0 Å². The topological polar surface area (TPSA) is 83.1 Å². The number of benzene rings is 2. The van der Waals surface area contributed by atoms with E-state index >= 15 is 0 Å². The van der Waals surface area contributed by atoms with Crippen LogP contribution < -0.4 is 10.1 Å². The molecule has 0 unspecified atom stereocenters. The summed E-state index contributed by atoms with van der Waals surface area (Å²) >= 11 is 0. The second-order valence-corrected chi connectivity index (χ2v) is 10.8. The van der Waals surface area contributed by atoms with Gasteiger partial charge < -0.3 is 15.0 Å². The number of nitrogens with one attached hydrogen (secondary N) is 2. The van der Waals surface area contributed by atoms with E-state index in [-0.39, 0.29) is 28.0 Å². The Morgan fingerprint density at radius 1 is 1.07 bits per heavy atom. The maximum absolute atomic E-state index is 14.4. The summed E-state index contributed by atoms with van der Waals surface area (Å²) in [6.45, 7) is 0.851. The number of nitrogens with zero attached hydrogens (tertiary/aromatic N) is 3. The van der Waals surface area contributed by atoms with E-state index in [1.54, 1.807) is 74.8 Å². The summed E-state index contributed by atoms with van der Waals surface area (Å²) in [4.78, 5) is 17.6. The molecule has 5 rings (SSSR count). The van der Waals surface area contributed by atoms with Crippen molar-refractivity contribution in [2.45, 2.75) is 31.0 Å². The number of hydrogen-bond donors (Lipinski definition) is 2. The molecule has 0 radical (unpaired) electrons. The van der Waals surface area contributed by atoms with Crippen LogP contribution in [0.2, 0.25) is 0 Å². The lowest BCUT2D eigenvalue weighted by atomic mass is 9.88. The van der Waals surface area contributed by atoms with Gasteiger partial charge in [-0.2, -0.15) is 17.6 Å². The lowest BCUT2D eigenvalue weighted by Crippen LogP contribution is -2.37. The summed E-state index contributed by atoms with van der Waals surface area (Å²) in [6.07, 6.45) is 0.856. The Labute approximate surface area is 246 Å². The number of aromatic nitrogens is 3. The van der Waals surface area contributed by atoms with E-state index in [0.29, 0.717) is 41.2 Å². The van der Waals surface area contributed by atoms with Crippen molar-refractivity contribution in [3.05, 3.63) is 102 Å². The molecular formula is C32H31F4N5O2. The van der Waals surface area contributed by atoms with E-state index in [9.17, 15) is 22.4 Å². The third-order valence-corrected chi connectivity index (χ3v) is 7.28. The van der Waals surface area contributed by atoms with Crippen LogP contribution in [-0.4, -0.2) is 65.0 Å². The first-order chi connectivity index (χ1) is 20.5. The molecule has 1 amide bonds. The molecule has 224 valence electrons. The van der Waals surface area contributed by atoms with Crippen LogP contribution in [0.4, 0.5) is 17.6 Å². The number of carbonyl (C=O) groups excluding carboxylic acids is 1. The summed E-state index contributed by atoms with van der Waals surface area (Å²) in [6, 6.07) is 16.3. The maximum atomic E-state index is 14.4. The van der Waals surface area contributed by atoms with Crippen molar-refractivity contribution in [3.8, 4) is 5.88 Å². The molecule has 2 N–H and O–H groups in total. The van der Waals surface area contributed by atoms with Gasteiger partial charge in [0.25, 0.3) is 0 Å². The van der Waals surface area contributed by atoms with E-state index in [2.05, 4.69) is 20.5 Å². The molecule has 11 heteroatoms. The number of carbonyl (C=O) groups is 1. The molecule has 0 saturated heterocycles. The third-order valence-electron chi connectivity index (χ3n) is 7.28. The number of aromatic amines is 1. The van der Waals surface area contributed by atoms with Crippen molar-refractivity contribution in [2.75, 3.05) is 27.2 Å². The highest BCUT2D eigenvalue weighted by Crippen LogP contribution is 2.40. The average molecular weight is 594 g/mol. The number of fused-ring (bicyclic) bond motifs is 1. The van der Waals surface area contributed by atoms with Crippen LogP contribution in [0.1, 0.15) is 36.0 Å². The first-order valence-electron chi connectivity index (χ1n) is 13.7. The Balaban J connectivity index is 1.43. The number of amides is 1. The summed E-state index contributed by atoms with van der Waals surface area (Å²) < 4.78 is 62.2. The molecule has 7 nitrogen and oxygen atoms in total. The van der Waals surface area contributed by atoms with Gasteiger partial charge >= 0.3 is 6.18 Å². The van der Waals surface area contributed by atoms with Crippen molar-refractivity contribution in [2.24, 2.45) is 0 Å². The molecule has 0 atom stereocenters. The van der Waals surface area contributed by atoms with E-state index in [4.69, 9.17) is 4.74 Å². The highest BCUT2D eigenvalue weighted by molar-refractivity contribution is 6.00. The van der Waals surface area contributed by atoms with E-state index in [1.807, 2.05) is 0 Å². The number of alkyl halides is 3. The van der Waals surface area contributed by atoms with Crippen LogP contribution in [0.5, 0.6) is 5.88 Å². The zero-order valence-electron chi connectivity index (χ0n) is 23.7. The SMILES string of the molecule is CN(C)C(=O)/C=C/CNC1(COc2ccc(/C(=C(/CC(F)(F)F)c3ccccc3)c3ccc4[nH]nc(F)c4c3)cn2)CC1. The average Bonchev–Trinajstić information content (AvgIpc) is 3.67. The second kappa shape index (κ2) is 12.4. The highest BCUT2D eigenvalue weighted by Gasteiger charge is 2.43. The molecule has 0 aliphatic heterocycles. The van der Waals surface area contributed by atoms with Gasteiger partial charge in [-0.15, -0.1) is 5.10 Å². The number of allylic oxidation sites excluding steroid dienone is 1. The molecule has 2 aromatic heterocycles. The minimum Gasteiger partial charge on any atom is -0.476 e. The quantitative estimate of drug-likeness (QED) is 0.124. The number of rotatable bonds is 11. The van der Waals surface area contributed by atoms with E-state index < -0.39 is 18.5 Å². The van der Waals surface area contributed by atoms with Crippen molar-refractivity contribution in [1.29, 1.82) is 0 Å². The van der Waals surface area contributed by atoms with Gasteiger partial charge in [0.2, 0.25) is 17.7 Å². The number of H-pyrrole nitrogens is 1. The Morgan fingerprint density at radius 2 is 1.81 bits per heavy atom. The smallest absolute Gasteiger partial charge is 0.393 e. The molecular weight excluding hydrogens is 562 g/mol. The van der Waals surface area contributed by atoms with Gasteiger partial charge in [0.15, 0.2) is 0 Å². The Kier molecular flexibility index (Phi) is 8.63. The first-order valence-corrected chi connectivity index (χ1v) is 13.7. The number of halogens is 4. The van der Waals surface area contributed by atoms with Crippen molar-refractivity contribution in [3.63, 3.8) is 0 Å². The fourth-order valence-electron chi connectivity index (χ4n) is 4.76. The van der Waals surface area contributed by atoms with E-state index in [0.717, 1.165) is 12.8 Å². The number of likely N-dealkylation sites (N-methyl/N-ethyl adjacent to an activating group) is 1. The molecule has 1 fully saturated rings. The molecule has 4 aromatic rings. The zero-order chi connectivity index (χ0) is 30.6. The molecule has 2 heterocycles. The van der Waals surface area contributed by atoms with E-state index in [1.165, 1.54) is 23.2 Å². The number of ether oxygens (including phenoxy) is 1. The lowest BCUT2D eigenvalue weighted by Gasteiger charge is -2.19. The lowest BCUT2D eigenvalue weighted by molar-refractivity contribution is -0.124. The third kappa shape index (κ3) is 7.47. The zero-order valence-corrected chi connectivity index (χ0v) is 23.7. The molecule has 1 aliphatic rings. The van der Waals surface area contributed by atoms with Crippen molar-refractivity contribution < 1.29 is 27.1 Å². The fraction of sp³-hybridized carbons (Fsp3) is 0.281. The van der Waals surface area contributed by atoms with Gasteiger partial charge in [-0.1, -0.05) is 42.5 Å². The Bertz CT molecular complexity index is 1640. The van der Waals surface area contributed by atoms with Crippen LogP contribution in [0.15, 0.2) is 79.0 Å². The largest absolute Gasteiger partial charge is 0.476 e. The molecule has 0 spiro atoms. The summed E-state index contributed by atoms with van der Waals surface area (Å²) in [5.74, 6) is -0.512. The number of pyridine rings is 1. The minimum absolute atomic E-state index is 0.0359. The van der Waals surface area contributed by atoms with Crippen LogP contribution in [0.3, 0.4) is 0 Å². The van der Waals surface area contributed by atoms with Gasteiger partial charge in [0.05, 0.1) is 22.9 Å². The van der Waals surface area contributed by atoms with Gasteiger partial charge in [0, 0.05) is 44.5 Å².